The van der Waals surface area contributed by atoms with Gasteiger partial charge in [-0.1, -0.05) is 13.8 Å². The molecule has 2 aliphatic rings. The van der Waals surface area contributed by atoms with Crippen LogP contribution in [0.3, 0.4) is 0 Å². The predicted octanol–water partition coefficient (Wildman–Crippen LogP) is 1.81. The first-order valence-electron chi connectivity index (χ1n) is 7.11. The summed E-state index contributed by atoms with van der Waals surface area (Å²) < 4.78 is 5.83. The van der Waals surface area contributed by atoms with E-state index in [1.165, 1.54) is 0 Å². The molecule has 0 bridgehead atoms. The molecule has 0 aromatic carbocycles. The number of nitrogens with two attached hydrogens (primary N) is 1. The third-order valence-electron chi connectivity index (χ3n) is 5.09. The quantitative estimate of drug-likeness (QED) is 0.862. The van der Waals surface area contributed by atoms with E-state index in [0.717, 1.165) is 32.5 Å². The van der Waals surface area contributed by atoms with Gasteiger partial charge < -0.3 is 15.4 Å². The monoisotopic (exact) mass is 290 g/mol. The van der Waals surface area contributed by atoms with E-state index >= 15 is 0 Å². The number of hydrogen-bond acceptors (Lipinski definition) is 3. The van der Waals surface area contributed by atoms with Crippen LogP contribution in [-0.4, -0.2) is 42.1 Å². The van der Waals surface area contributed by atoms with Gasteiger partial charge in [0.15, 0.2) is 0 Å². The first kappa shape index (κ1) is 16.7. The topological polar surface area (TPSA) is 55.6 Å². The zero-order valence-electron chi connectivity index (χ0n) is 12.4. The summed E-state index contributed by atoms with van der Waals surface area (Å²) in [6, 6.07) is 0. The van der Waals surface area contributed by atoms with E-state index in [9.17, 15) is 4.79 Å². The minimum absolute atomic E-state index is 0. The molecule has 1 amide bonds. The number of likely N-dealkylation sites (N-methyl/N-ethyl adjacent to an activating group) is 1. The van der Waals surface area contributed by atoms with Crippen molar-refractivity contribution in [1.82, 2.24) is 4.90 Å². The predicted molar refractivity (Wildman–Crippen MR) is 78.3 cm³/mol. The molecule has 2 fully saturated rings. The van der Waals surface area contributed by atoms with Gasteiger partial charge in [-0.15, -0.1) is 12.4 Å². The average Bonchev–Trinajstić information content (AvgIpc) is 2.39. The van der Waals surface area contributed by atoms with Crippen molar-refractivity contribution in [1.29, 1.82) is 0 Å². The maximum Gasteiger partial charge on any atom is 0.243 e. The van der Waals surface area contributed by atoms with Gasteiger partial charge in [-0.2, -0.15) is 0 Å². The second-order valence-corrected chi connectivity index (χ2v) is 6.11. The Labute approximate surface area is 122 Å². The summed E-state index contributed by atoms with van der Waals surface area (Å²) in [7, 11) is 0. The molecular weight excluding hydrogens is 264 g/mol. The van der Waals surface area contributed by atoms with Crippen molar-refractivity contribution in [2.75, 3.05) is 19.7 Å². The molecular formula is C14H27ClN2O2. The van der Waals surface area contributed by atoms with Crippen molar-refractivity contribution in [3.63, 3.8) is 0 Å². The van der Waals surface area contributed by atoms with Gasteiger partial charge in [0.25, 0.3) is 0 Å². The van der Waals surface area contributed by atoms with E-state index in [1.54, 1.807) is 0 Å². The molecule has 19 heavy (non-hydrogen) atoms. The highest BCUT2D eigenvalue weighted by Gasteiger charge is 2.70. The van der Waals surface area contributed by atoms with E-state index in [1.807, 2.05) is 18.7 Å². The Bertz CT molecular complexity index is 344. The highest BCUT2D eigenvalue weighted by Crippen LogP contribution is 2.57. The van der Waals surface area contributed by atoms with Crippen molar-refractivity contribution >= 4 is 18.3 Å². The van der Waals surface area contributed by atoms with Crippen LogP contribution in [0.1, 0.15) is 40.5 Å². The van der Waals surface area contributed by atoms with Crippen LogP contribution in [-0.2, 0) is 9.53 Å². The number of carbonyl (C=O) groups is 1. The Kier molecular flexibility index (Phi) is 4.92. The molecule has 1 aliphatic carbocycles. The van der Waals surface area contributed by atoms with Gasteiger partial charge in [0.1, 0.15) is 5.54 Å². The normalized spacial score (nSPS) is 35.6. The van der Waals surface area contributed by atoms with Crippen LogP contribution in [0.4, 0.5) is 0 Å². The van der Waals surface area contributed by atoms with Crippen molar-refractivity contribution < 1.29 is 9.53 Å². The Morgan fingerprint density at radius 2 is 1.95 bits per heavy atom. The molecule has 0 radical (unpaired) electrons. The van der Waals surface area contributed by atoms with Gasteiger partial charge >= 0.3 is 0 Å². The molecule has 1 saturated carbocycles. The lowest BCUT2D eigenvalue weighted by atomic mass is 9.46. The summed E-state index contributed by atoms with van der Waals surface area (Å²) in [4.78, 5) is 14.6. The number of hydrogen-bond donors (Lipinski definition) is 1. The van der Waals surface area contributed by atoms with Gasteiger partial charge in [-0.3, -0.25) is 4.79 Å². The van der Waals surface area contributed by atoms with Crippen molar-refractivity contribution in [3.05, 3.63) is 0 Å². The van der Waals surface area contributed by atoms with Crippen LogP contribution in [0.15, 0.2) is 0 Å². The van der Waals surface area contributed by atoms with Crippen LogP contribution in [0.2, 0.25) is 0 Å². The van der Waals surface area contributed by atoms with Gasteiger partial charge in [0, 0.05) is 31.0 Å². The zero-order valence-corrected chi connectivity index (χ0v) is 13.3. The lowest BCUT2D eigenvalue weighted by molar-refractivity contribution is -0.230. The summed E-state index contributed by atoms with van der Waals surface area (Å²) in [5.41, 5.74) is 5.55. The number of nitrogens with zero attached hydrogens (tertiary/aromatic N) is 1. The highest BCUT2D eigenvalue weighted by atomic mass is 35.5. The number of carbonyl (C=O) groups excluding carboxylic acids is 1. The van der Waals surface area contributed by atoms with Gasteiger partial charge in [-0.05, 0) is 26.7 Å². The van der Waals surface area contributed by atoms with Crippen molar-refractivity contribution in [3.8, 4) is 0 Å². The molecule has 5 heteroatoms. The van der Waals surface area contributed by atoms with Gasteiger partial charge in [0.05, 0.1) is 6.10 Å². The van der Waals surface area contributed by atoms with E-state index < -0.39 is 5.54 Å². The number of fused-ring (bicyclic) bond motifs is 1. The zero-order chi connectivity index (χ0) is 13.6. The van der Waals surface area contributed by atoms with Gasteiger partial charge in [-0.25, -0.2) is 0 Å². The maximum atomic E-state index is 12.7. The van der Waals surface area contributed by atoms with Crippen LogP contribution in [0.25, 0.3) is 0 Å². The molecule has 1 saturated heterocycles. The Balaban J connectivity index is 0.00000180. The summed E-state index contributed by atoms with van der Waals surface area (Å²) >= 11 is 0. The second kappa shape index (κ2) is 5.58. The fourth-order valence-corrected chi connectivity index (χ4v) is 3.78. The van der Waals surface area contributed by atoms with Gasteiger partial charge in [0.2, 0.25) is 5.91 Å². The van der Waals surface area contributed by atoms with E-state index in [2.05, 4.69) is 13.8 Å². The molecule has 2 N–H and O–H groups in total. The van der Waals surface area contributed by atoms with Crippen LogP contribution < -0.4 is 5.73 Å². The van der Waals surface area contributed by atoms with E-state index in [4.69, 9.17) is 10.5 Å². The van der Waals surface area contributed by atoms with E-state index in [0.29, 0.717) is 0 Å². The first-order chi connectivity index (χ1) is 8.41. The summed E-state index contributed by atoms with van der Waals surface area (Å²) in [5, 5.41) is 0. The average molecular weight is 291 g/mol. The smallest absolute Gasteiger partial charge is 0.243 e. The standard InChI is InChI=1S/C14H26N2O2.ClH/c1-5-16(6-2)12(17)14(15)10-8-7-9-18-11(10)13(14,3)4;/h10-11H,5-9,15H2,1-4H3;1H. The summed E-state index contributed by atoms with van der Waals surface area (Å²) in [5.74, 6) is 0.290. The number of halogens is 1. The molecule has 112 valence electrons. The number of ether oxygens (including phenoxy) is 1. The molecule has 0 aromatic rings. The SMILES string of the molecule is CCN(CC)C(=O)C1(N)C2CCCOC2C1(C)C.Cl. The molecule has 3 atom stereocenters. The molecule has 4 nitrogen and oxygen atoms in total. The maximum absolute atomic E-state index is 12.7. The van der Waals surface area contributed by atoms with Crippen LogP contribution in [0, 0.1) is 11.3 Å². The third-order valence-corrected chi connectivity index (χ3v) is 5.09. The minimum atomic E-state index is -0.746. The Hall–Kier alpha value is -0.320. The molecule has 2 rings (SSSR count). The molecule has 0 aromatic heterocycles. The third kappa shape index (κ3) is 2.08. The fraction of sp³-hybridized carbons (Fsp3) is 0.929. The van der Waals surface area contributed by atoms with Crippen molar-refractivity contribution in [2.24, 2.45) is 17.1 Å². The van der Waals surface area contributed by atoms with E-state index in [-0.39, 0.29) is 35.8 Å². The minimum Gasteiger partial charge on any atom is -0.377 e. The molecule has 0 spiro atoms. The fourth-order valence-electron chi connectivity index (χ4n) is 3.78. The Morgan fingerprint density at radius 3 is 2.47 bits per heavy atom. The van der Waals surface area contributed by atoms with Crippen LogP contribution in [0.5, 0.6) is 0 Å². The summed E-state index contributed by atoms with van der Waals surface area (Å²) in [6.07, 6.45) is 2.18. The largest absolute Gasteiger partial charge is 0.377 e. The second-order valence-electron chi connectivity index (χ2n) is 6.11. The first-order valence-corrected chi connectivity index (χ1v) is 7.11. The Morgan fingerprint density at radius 1 is 1.37 bits per heavy atom. The molecule has 3 unspecified atom stereocenters. The lowest BCUT2D eigenvalue weighted by Crippen LogP contribution is -2.82. The molecule has 1 aliphatic heterocycles. The summed E-state index contributed by atoms with van der Waals surface area (Å²) in [6.45, 7) is 10.4. The highest BCUT2D eigenvalue weighted by molar-refractivity contribution is 5.89. The van der Waals surface area contributed by atoms with Crippen LogP contribution >= 0.6 is 12.4 Å². The molecule has 1 heterocycles. The van der Waals surface area contributed by atoms with Crippen molar-refractivity contribution in [2.45, 2.75) is 52.2 Å². The number of amides is 1. The lowest BCUT2D eigenvalue weighted by Gasteiger charge is -2.65. The number of rotatable bonds is 3.